The highest BCUT2D eigenvalue weighted by atomic mass is 79.9. The minimum absolute atomic E-state index is 0.119. The molecule has 1 aliphatic rings. The highest BCUT2D eigenvalue weighted by molar-refractivity contribution is 9.10. The maximum atomic E-state index is 13.6. The van der Waals surface area contributed by atoms with Gasteiger partial charge in [-0.05, 0) is 30.5 Å². The summed E-state index contributed by atoms with van der Waals surface area (Å²) in [7, 11) is 0. The molecule has 0 spiro atoms. The normalized spacial score (nSPS) is 14.1. The second-order valence-electron chi connectivity index (χ2n) is 5.04. The molecular formula is C15H18BrFN2O3. The van der Waals surface area contributed by atoms with Gasteiger partial charge in [-0.2, -0.15) is 0 Å². The molecule has 0 aromatic heterocycles. The van der Waals surface area contributed by atoms with Crippen molar-refractivity contribution in [1.82, 2.24) is 10.2 Å². The van der Waals surface area contributed by atoms with Gasteiger partial charge in [-0.15, -0.1) is 0 Å². The Morgan fingerprint density at radius 3 is 2.95 bits per heavy atom. The SMILES string of the molecule is O=C(CCc1ccc(Br)cc1F)NCCCN1CCOC1=O. The maximum Gasteiger partial charge on any atom is 0.409 e. The Balaban J connectivity index is 1.62. The third kappa shape index (κ3) is 4.98. The topological polar surface area (TPSA) is 58.6 Å². The molecule has 1 aromatic carbocycles. The number of amides is 2. The Morgan fingerprint density at radius 2 is 2.27 bits per heavy atom. The van der Waals surface area contributed by atoms with E-state index >= 15 is 0 Å². The lowest BCUT2D eigenvalue weighted by molar-refractivity contribution is -0.121. The van der Waals surface area contributed by atoms with E-state index in [1.54, 1.807) is 17.0 Å². The smallest absolute Gasteiger partial charge is 0.409 e. The Bertz CT molecular complexity index is 554. The van der Waals surface area contributed by atoms with Crippen LogP contribution in [-0.2, 0) is 16.0 Å². The summed E-state index contributed by atoms with van der Waals surface area (Å²) in [6.07, 6.45) is 0.985. The fourth-order valence-electron chi connectivity index (χ4n) is 2.19. The van der Waals surface area contributed by atoms with Gasteiger partial charge in [0.25, 0.3) is 0 Å². The molecule has 0 aliphatic carbocycles. The number of hydrogen-bond acceptors (Lipinski definition) is 3. The van der Waals surface area contributed by atoms with Crippen molar-refractivity contribution in [3.05, 3.63) is 34.1 Å². The van der Waals surface area contributed by atoms with Crippen molar-refractivity contribution in [2.45, 2.75) is 19.3 Å². The second kappa shape index (κ2) is 8.12. The molecule has 0 saturated carbocycles. The number of rotatable bonds is 7. The number of benzene rings is 1. The summed E-state index contributed by atoms with van der Waals surface area (Å²) < 4.78 is 19.1. The molecule has 1 heterocycles. The number of nitrogens with zero attached hydrogens (tertiary/aromatic N) is 1. The molecule has 1 N–H and O–H groups in total. The molecule has 0 radical (unpaired) electrons. The zero-order chi connectivity index (χ0) is 15.9. The van der Waals surface area contributed by atoms with E-state index in [-0.39, 0.29) is 24.2 Å². The number of cyclic esters (lactones) is 1. The zero-order valence-electron chi connectivity index (χ0n) is 12.1. The first-order valence-corrected chi connectivity index (χ1v) is 7.98. The lowest BCUT2D eigenvalue weighted by atomic mass is 10.1. The average Bonchev–Trinajstić information content (AvgIpc) is 2.88. The fraction of sp³-hybridized carbons (Fsp3) is 0.467. The van der Waals surface area contributed by atoms with Gasteiger partial charge in [0, 0.05) is 24.0 Å². The molecule has 120 valence electrons. The lowest BCUT2D eigenvalue weighted by Gasteiger charge is -2.12. The van der Waals surface area contributed by atoms with Crippen molar-refractivity contribution in [1.29, 1.82) is 0 Å². The van der Waals surface area contributed by atoms with Gasteiger partial charge in [0.1, 0.15) is 12.4 Å². The van der Waals surface area contributed by atoms with Crippen molar-refractivity contribution in [3.8, 4) is 0 Å². The van der Waals surface area contributed by atoms with Gasteiger partial charge in [-0.25, -0.2) is 9.18 Å². The van der Waals surface area contributed by atoms with Crippen LogP contribution < -0.4 is 5.32 Å². The first-order valence-electron chi connectivity index (χ1n) is 7.18. The van der Waals surface area contributed by atoms with Crippen LogP contribution in [0.15, 0.2) is 22.7 Å². The van der Waals surface area contributed by atoms with Gasteiger partial charge in [0.2, 0.25) is 5.91 Å². The monoisotopic (exact) mass is 372 g/mol. The van der Waals surface area contributed by atoms with Crippen LogP contribution in [0.1, 0.15) is 18.4 Å². The number of hydrogen-bond donors (Lipinski definition) is 1. The molecule has 2 amide bonds. The summed E-state index contributed by atoms with van der Waals surface area (Å²) >= 11 is 3.19. The van der Waals surface area contributed by atoms with E-state index in [1.165, 1.54) is 6.07 Å². The molecule has 7 heteroatoms. The summed E-state index contributed by atoms with van der Waals surface area (Å²) in [5.41, 5.74) is 0.526. The van der Waals surface area contributed by atoms with Gasteiger partial charge in [0.05, 0.1) is 6.54 Å². The van der Waals surface area contributed by atoms with Crippen LogP contribution in [-0.4, -0.2) is 43.1 Å². The third-order valence-corrected chi connectivity index (χ3v) is 3.90. The van der Waals surface area contributed by atoms with Gasteiger partial charge < -0.3 is 15.0 Å². The summed E-state index contributed by atoms with van der Waals surface area (Å²) in [5.74, 6) is -0.430. The van der Waals surface area contributed by atoms with Crippen molar-refractivity contribution < 1.29 is 18.7 Å². The van der Waals surface area contributed by atoms with Gasteiger partial charge in [0.15, 0.2) is 0 Å². The van der Waals surface area contributed by atoms with E-state index in [0.29, 0.717) is 49.1 Å². The molecule has 1 aliphatic heterocycles. The van der Waals surface area contributed by atoms with Crippen molar-refractivity contribution in [2.24, 2.45) is 0 Å². The molecule has 1 fully saturated rings. The van der Waals surface area contributed by atoms with Crippen LogP contribution in [0.25, 0.3) is 0 Å². The predicted molar refractivity (Wildman–Crippen MR) is 83.0 cm³/mol. The van der Waals surface area contributed by atoms with Gasteiger partial charge in [-0.3, -0.25) is 4.79 Å². The minimum atomic E-state index is -0.310. The Morgan fingerprint density at radius 1 is 1.45 bits per heavy atom. The summed E-state index contributed by atoms with van der Waals surface area (Å²) in [5, 5.41) is 2.77. The van der Waals surface area contributed by atoms with Crippen molar-refractivity contribution in [2.75, 3.05) is 26.2 Å². The second-order valence-corrected chi connectivity index (χ2v) is 5.96. The summed E-state index contributed by atoms with van der Waals surface area (Å²) in [4.78, 5) is 24.5. The van der Waals surface area contributed by atoms with Crippen LogP contribution in [0.5, 0.6) is 0 Å². The number of carbonyl (C=O) groups excluding carboxylic acids is 2. The quantitative estimate of drug-likeness (QED) is 0.748. The Labute approximate surface area is 136 Å². The fourth-order valence-corrected chi connectivity index (χ4v) is 2.52. The van der Waals surface area contributed by atoms with Gasteiger partial charge >= 0.3 is 6.09 Å². The molecule has 5 nitrogen and oxygen atoms in total. The molecule has 0 atom stereocenters. The molecule has 0 unspecified atom stereocenters. The average molecular weight is 373 g/mol. The highest BCUT2D eigenvalue weighted by Gasteiger charge is 2.20. The number of nitrogens with one attached hydrogen (secondary N) is 1. The zero-order valence-corrected chi connectivity index (χ0v) is 13.7. The third-order valence-electron chi connectivity index (χ3n) is 3.41. The van der Waals surface area contributed by atoms with E-state index in [0.717, 1.165) is 0 Å². The maximum absolute atomic E-state index is 13.6. The number of aryl methyl sites for hydroxylation is 1. The van der Waals surface area contributed by atoms with E-state index in [4.69, 9.17) is 4.74 Å². The van der Waals surface area contributed by atoms with Crippen LogP contribution in [0.4, 0.5) is 9.18 Å². The van der Waals surface area contributed by atoms with E-state index < -0.39 is 0 Å². The largest absolute Gasteiger partial charge is 0.448 e. The Kier molecular flexibility index (Phi) is 6.18. The molecule has 2 rings (SSSR count). The number of ether oxygens (including phenoxy) is 1. The molecular weight excluding hydrogens is 355 g/mol. The lowest BCUT2D eigenvalue weighted by Crippen LogP contribution is -2.30. The van der Waals surface area contributed by atoms with Crippen molar-refractivity contribution in [3.63, 3.8) is 0 Å². The molecule has 1 saturated heterocycles. The summed E-state index contributed by atoms with van der Waals surface area (Å²) in [6.45, 7) is 2.10. The number of halogens is 2. The van der Waals surface area contributed by atoms with Gasteiger partial charge in [-0.1, -0.05) is 22.0 Å². The van der Waals surface area contributed by atoms with E-state index in [1.807, 2.05) is 0 Å². The number of carbonyl (C=O) groups is 2. The first-order chi connectivity index (χ1) is 10.6. The molecule has 22 heavy (non-hydrogen) atoms. The van der Waals surface area contributed by atoms with Crippen LogP contribution >= 0.6 is 15.9 Å². The Hall–Kier alpha value is -1.63. The molecule has 0 bridgehead atoms. The standard InChI is InChI=1S/C15H18BrFN2O3/c16-12-4-2-11(13(17)10-12)3-5-14(20)18-6-1-7-19-8-9-22-15(19)21/h2,4,10H,1,3,5-9H2,(H,18,20). The molecule has 1 aromatic rings. The first kappa shape index (κ1) is 16.7. The van der Waals surface area contributed by atoms with E-state index in [9.17, 15) is 14.0 Å². The van der Waals surface area contributed by atoms with E-state index in [2.05, 4.69) is 21.2 Å². The summed E-state index contributed by atoms with van der Waals surface area (Å²) in [6, 6.07) is 4.82. The van der Waals surface area contributed by atoms with Crippen molar-refractivity contribution >= 4 is 27.9 Å². The minimum Gasteiger partial charge on any atom is -0.448 e. The highest BCUT2D eigenvalue weighted by Crippen LogP contribution is 2.16. The van der Waals surface area contributed by atoms with Crippen LogP contribution in [0.3, 0.4) is 0 Å². The van der Waals surface area contributed by atoms with Crippen LogP contribution in [0.2, 0.25) is 0 Å². The van der Waals surface area contributed by atoms with Crippen LogP contribution in [0, 0.1) is 5.82 Å². The predicted octanol–water partition coefficient (Wildman–Crippen LogP) is 2.48.